The van der Waals surface area contributed by atoms with Crippen molar-refractivity contribution in [2.45, 2.75) is 38.1 Å². The Labute approximate surface area is 200 Å². The van der Waals surface area contributed by atoms with E-state index < -0.39 is 51.5 Å². The molecule has 12 heteroatoms. The molecule has 1 aliphatic heterocycles. The number of alkyl halides is 3. The van der Waals surface area contributed by atoms with Gasteiger partial charge in [0.1, 0.15) is 23.6 Å². The van der Waals surface area contributed by atoms with Gasteiger partial charge in [-0.1, -0.05) is 11.6 Å². The van der Waals surface area contributed by atoms with Crippen molar-refractivity contribution in [3.05, 3.63) is 52.5 Å². The Morgan fingerprint density at radius 1 is 1.26 bits per heavy atom. The van der Waals surface area contributed by atoms with Crippen LogP contribution in [0.2, 0.25) is 5.02 Å². The van der Waals surface area contributed by atoms with Gasteiger partial charge in [0.25, 0.3) is 0 Å². The summed E-state index contributed by atoms with van der Waals surface area (Å²) >= 11 is 6.02. The molecule has 0 aromatic heterocycles. The van der Waals surface area contributed by atoms with E-state index in [2.05, 4.69) is 5.32 Å². The first-order chi connectivity index (χ1) is 15.6. The van der Waals surface area contributed by atoms with Gasteiger partial charge in [-0.25, -0.2) is 8.42 Å². The number of carbonyl (C=O) groups excluding carboxylic acids is 1. The summed E-state index contributed by atoms with van der Waals surface area (Å²) in [6.45, 7) is 2.91. The lowest BCUT2D eigenvalue weighted by molar-refractivity contribution is -0.137. The summed E-state index contributed by atoms with van der Waals surface area (Å²) in [7, 11) is -2.66. The second kappa shape index (κ2) is 9.18. The smallest absolute Gasteiger partial charge is 0.416 e. The van der Waals surface area contributed by atoms with Crippen LogP contribution in [0.25, 0.3) is 0 Å². The number of carbonyl (C=O) groups is 1. The summed E-state index contributed by atoms with van der Waals surface area (Å²) in [5.74, 6) is 0.341. The van der Waals surface area contributed by atoms with E-state index in [1.807, 2.05) is 13.8 Å². The van der Waals surface area contributed by atoms with Crippen LogP contribution in [0.3, 0.4) is 0 Å². The van der Waals surface area contributed by atoms with Crippen molar-refractivity contribution < 1.29 is 35.9 Å². The van der Waals surface area contributed by atoms with E-state index in [1.54, 1.807) is 18.2 Å². The van der Waals surface area contributed by atoms with Crippen LogP contribution in [0.15, 0.2) is 36.4 Å². The molecule has 186 valence electrons. The van der Waals surface area contributed by atoms with Crippen LogP contribution >= 0.6 is 11.6 Å². The van der Waals surface area contributed by atoms with Crippen molar-refractivity contribution in [2.75, 3.05) is 24.2 Å². The van der Waals surface area contributed by atoms with Gasteiger partial charge in [-0.3, -0.25) is 9.10 Å². The molecule has 1 unspecified atom stereocenters. The molecule has 0 saturated heterocycles. The van der Waals surface area contributed by atoms with Crippen LogP contribution in [0, 0.1) is 0 Å². The average molecular weight is 521 g/mol. The van der Waals surface area contributed by atoms with Gasteiger partial charge in [0.15, 0.2) is 0 Å². The lowest BCUT2D eigenvalue weighted by Gasteiger charge is -2.38. The quantitative estimate of drug-likeness (QED) is 0.604. The SMILES string of the molecule is COc1ccc2c(c1)C(NC(=O)CN(c1cc(C(F)(F)F)ccc1Cl)S(C)(=O)=O)CC(C)(C)O2. The number of rotatable bonds is 6. The van der Waals surface area contributed by atoms with Gasteiger partial charge < -0.3 is 14.8 Å². The molecule has 0 saturated carbocycles. The first-order valence-corrected chi connectivity index (χ1v) is 12.3. The van der Waals surface area contributed by atoms with E-state index in [9.17, 15) is 26.4 Å². The fourth-order valence-electron chi connectivity index (χ4n) is 3.72. The highest BCUT2D eigenvalue weighted by Crippen LogP contribution is 2.41. The zero-order valence-electron chi connectivity index (χ0n) is 18.9. The summed E-state index contributed by atoms with van der Waals surface area (Å²) in [5.41, 5.74) is -1.54. The minimum atomic E-state index is -4.72. The molecule has 34 heavy (non-hydrogen) atoms. The van der Waals surface area contributed by atoms with Gasteiger partial charge in [-0.2, -0.15) is 13.2 Å². The number of nitrogens with one attached hydrogen (secondary N) is 1. The van der Waals surface area contributed by atoms with Gasteiger partial charge >= 0.3 is 6.18 Å². The summed E-state index contributed by atoms with van der Waals surface area (Å²) in [6.07, 6.45) is -3.57. The van der Waals surface area contributed by atoms with Gasteiger partial charge in [0.05, 0.1) is 35.7 Å². The van der Waals surface area contributed by atoms with Crippen molar-refractivity contribution in [3.63, 3.8) is 0 Å². The largest absolute Gasteiger partial charge is 0.497 e. The molecule has 0 radical (unpaired) electrons. The van der Waals surface area contributed by atoms with Gasteiger partial charge in [0, 0.05) is 12.0 Å². The second-order valence-electron chi connectivity index (χ2n) is 8.52. The molecule has 1 heterocycles. The Morgan fingerprint density at radius 2 is 1.94 bits per heavy atom. The predicted molar refractivity (Wildman–Crippen MR) is 122 cm³/mol. The lowest BCUT2D eigenvalue weighted by Crippen LogP contribution is -2.45. The van der Waals surface area contributed by atoms with Gasteiger partial charge in [0.2, 0.25) is 15.9 Å². The number of sulfonamides is 1. The van der Waals surface area contributed by atoms with E-state index in [0.717, 1.165) is 18.4 Å². The van der Waals surface area contributed by atoms with Crippen LogP contribution < -0.4 is 19.1 Å². The van der Waals surface area contributed by atoms with Gasteiger partial charge in [-0.15, -0.1) is 0 Å². The Kier molecular flexibility index (Phi) is 7.01. The third kappa shape index (κ3) is 5.87. The molecule has 0 fully saturated rings. The zero-order valence-corrected chi connectivity index (χ0v) is 20.4. The molecule has 1 atom stereocenters. The number of anilines is 1. The van der Waals surface area contributed by atoms with Crippen molar-refractivity contribution in [3.8, 4) is 11.5 Å². The van der Waals surface area contributed by atoms with E-state index in [-0.39, 0.29) is 5.02 Å². The van der Waals surface area contributed by atoms with E-state index in [1.165, 1.54) is 7.11 Å². The molecular formula is C22H24ClF3N2O5S. The first-order valence-electron chi connectivity index (χ1n) is 10.1. The molecule has 1 N–H and O–H groups in total. The molecule has 2 aromatic carbocycles. The number of methoxy groups -OCH3 is 1. The topological polar surface area (TPSA) is 84.9 Å². The maximum atomic E-state index is 13.2. The van der Waals surface area contributed by atoms with Crippen LogP contribution in [0.5, 0.6) is 11.5 Å². The highest BCUT2D eigenvalue weighted by atomic mass is 35.5. The number of fused-ring (bicyclic) bond motifs is 1. The Balaban J connectivity index is 1.92. The maximum absolute atomic E-state index is 13.2. The van der Waals surface area contributed by atoms with Crippen molar-refractivity contribution in [1.29, 1.82) is 0 Å². The lowest BCUT2D eigenvalue weighted by atomic mass is 9.89. The summed E-state index contributed by atoms with van der Waals surface area (Å²) in [5, 5.41) is 2.53. The van der Waals surface area contributed by atoms with Crippen LogP contribution in [0.4, 0.5) is 18.9 Å². The third-order valence-corrected chi connectivity index (χ3v) is 6.69. The molecule has 0 aliphatic carbocycles. The molecule has 7 nitrogen and oxygen atoms in total. The number of nitrogens with zero attached hydrogens (tertiary/aromatic N) is 1. The summed E-state index contributed by atoms with van der Waals surface area (Å²) in [4.78, 5) is 13.0. The Bertz CT molecular complexity index is 1200. The molecule has 0 spiro atoms. The monoisotopic (exact) mass is 520 g/mol. The van der Waals surface area contributed by atoms with E-state index in [0.29, 0.717) is 33.9 Å². The van der Waals surface area contributed by atoms with Crippen LogP contribution in [0.1, 0.15) is 37.4 Å². The molecule has 1 amide bonds. The number of ether oxygens (including phenoxy) is 2. The number of hydrogen-bond donors (Lipinski definition) is 1. The normalized spacial score (nSPS) is 17.4. The average Bonchev–Trinajstić information content (AvgIpc) is 2.70. The molecular weight excluding hydrogens is 497 g/mol. The summed E-state index contributed by atoms with van der Waals surface area (Å²) in [6, 6.07) is 6.85. The minimum Gasteiger partial charge on any atom is -0.497 e. The third-order valence-electron chi connectivity index (χ3n) is 5.24. The molecule has 1 aliphatic rings. The zero-order chi connectivity index (χ0) is 25.5. The minimum absolute atomic E-state index is 0.242. The molecule has 0 bridgehead atoms. The second-order valence-corrected chi connectivity index (χ2v) is 10.8. The summed E-state index contributed by atoms with van der Waals surface area (Å²) < 4.78 is 76.2. The standard InChI is InChI=1S/C22H24ClF3N2O5S/c1-21(2)11-17(15-10-14(32-3)6-8-19(15)33-21)27-20(29)12-28(34(4,30)31)18-9-13(22(24,25)26)5-7-16(18)23/h5-10,17H,11-12H2,1-4H3,(H,27,29). The maximum Gasteiger partial charge on any atom is 0.416 e. The van der Waals surface area contributed by atoms with Crippen LogP contribution in [-0.4, -0.2) is 39.8 Å². The first kappa shape index (κ1) is 26.0. The predicted octanol–water partition coefficient (Wildman–Crippen LogP) is 4.55. The number of amides is 1. The molecule has 3 rings (SSSR count). The Morgan fingerprint density at radius 3 is 2.53 bits per heavy atom. The fourth-order valence-corrected chi connectivity index (χ4v) is 4.85. The number of halogens is 4. The van der Waals surface area contributed by atoms with E-state index >= 15 is 0 Å². The van der Waals surface area contributed by atoms with Gasteiger partial charge in [-0.05, 0) is 50.2 Å². The van der Waals surface area contributed by atoms with Crippen molar-refractivity contribution in [1.82, 2.24) is 5.32 Å². The number of benzene rings is 2. The highest BCUT2D eigenvalue weighted by Gasteiger charge is 2.36. The van der Waals surface area contributed by atoms with Crippen LogP contribution in [-0.2, 0) is 21.0 Å². The van der Waals surface area contributed by atoms with Crippen molar-refractivity contribution in [2.24, 2.45) is 0 Å². The fraction of sp³-hybridized carbons (Fsp3) is 0.409. The van der Waals surface area contributed by atoms with E-state index in [4.69, 9.17) is 21.1 Å². The van der Waals surface area contributed by atoms with Crippen molar-refractivity contribution >= 4 is 33.2 Å². The number of hydrogen-bond acceptors (Lipinski definition) is 5. The highest BCUT2D eigenvalue weighted by molar-refractivity contribution is 7.92. The molecule has 2 aromatic rings. The Hall–Kier alpha value is -2.66.